The third-order valence-corrected chi connectivity index (χ3v) is 2.06. The maximum Gasteiger partial charge on any atom is 0.0707 e. The molecule has 0 aromatic carbocycles. The minimum atomic E-state index is 0.753. The highest BCUT2D eigenvalue weighted by atomic mass is 16.6. The van der Waals surface area contributed by atoms with Crippen LogP contribution in [0, 0.1) is 5.92 Å². The van der Waals surface area contributed by atoms with E-state index < -0.39 is 0 Å². The van der Waals surface area contributed by atoms with Crippen molar-refractivity contribution in [2.24, 2.45) is 11.8 Å². The van der Waals surface area contributed by atoms with Gasteiger partial charge >= 0.3 is 0 Å². The number of hydrogen-bond acceptors (Lipinski definition) is 2. The minimum Gasteiger partial charge on any atom is -0.304 e. The number of nitrogens with two attached hydrogens (primary N) is 1. The molecule has 1 aliphatic rings. The highest BCUT2D eigenvalue weighted by Gasteiger charge is 2.12. The molecule has 0 aromatic heterocycles. The molecule has 0 radical (unpaired) electrons. The van der Waals surface area contributed by atoms with Crippen LogP contribution in [0.5, 0.6) is 0 Å². The van der Waals surface area contributed by atoms with Gasteiger partial charge in [-0.15, -0.1) is 0 Å². The largest absolute Gasteiger partial charge is 0.304 e. The van der Waals surface area contributed by atoms with Crippen LogP contribution in [0.3, 0.4) is 0 Å². The fourth-order valence-corrected chi connectivity index (χ4v) is 1.49. The predicted octanol–water partition coefficient (Wildman–Crippen LogP) is 1.46. The molecule has 1 rings (SSSR count). The molecule has 0 heterocycles. The fraction of sp³-hybridized carbons (Fsp3) is 1.00. The van der Waals surface area contributed by atoms with Crippen molar-refractivity contribution in [2.45, 2.75) is 32.1 Å². The van der Waals surface area contributed by atoms with Crippen molar-refractivity contribution in [3.63, 3.8) is 0 Å². The first kappa shape index (κ1) is 7.03. The Balaban J connectivity index is 2.08. The minimum absolute atomic E-state index is 0.753. The SMILES string of the molecule is NOCC1CCCCC1. The van der Waals surface area contributed by atoms with Crippen LogP contribution < -0.4 is 5.90 Å². The van der Waals surface area contributed by atoms with Crippen LogP contribution in [-0.2, 0) is 4.84 Å². The molecular weight excluding hydrogens is 114 g/mol. The topological polar surface area (TPSA) is 35.2 Å². The van der Waals surface area contributed by atoms with Gasteiger partial charge in [-0.1, -0.05) is 19.3 Å². The summed E-state index contributed by atoms with van der Waals surface area (Å²) in [6, 6.07) is 0. The van der Waals surface area contributed by atoms with E-state index in [1.807, 2.05) is 0 Å². The molecule has 0 unspecified atom stereocenters. The van der Waals surface area contributed by atoms with Gasteiger partial charge in [0.25, 0.3) is 0 Å². The molecule has 0 amide bonds. The second-order valence-corrected chi connectivity index (χ2v) is 2.84. The molecule has 0 saturated heterocycles. The lowest BCUT2D eigenvalue weighted by Gasteiger charge is -2.19. The molecular formula is C7H15NO. The Morgan fingerprint density at radius 1 is 1.22 bits per heavy atom. The van der Waals surface area contributed by atoms with E-state index in [1.165, 1.54) is 32.1 Å². The summed E-state index contributed by atoms with van der Waals surface area (Å²) in [5.41, 5.74) is 0. The Morgan fingerprint density at radius 2 is 1.89 bits per heavy atom. The highest BCUT2D eigenvalue weighted by molar-refractivity contribution is 4.64. The van der Waals surface area contributed by atoms with Crippen LogP contribution in [0.4, 0.5) is 0 Å². The Labute approximate surface area is 56.3 Å². The third kappa shape index (κ3) is 2.33. The van der Waals surface area contributed by atoms with Gasteiger partial charge in [-0.25, -0.2) is 5.90 Å². The molecule has 0 aliphatic heterocycles. The second-order valence-electron chi connectivity index (χ2n) is 2.84. The lowest BCUT2D eigenvalue weighted by atomic mass is 9.90. The summed E-state index contributed by atoms with van der Waals surface area (Å²) in [7, 11) is 0. The molecule has 0 spiro atoms. The van der Waals surface area contributed by atoms with Crippen molar-refractivity contribution in [1.29, 1.82) is 0 Å². The van der Waals surface area contributed by atoms with Gasteiger partial charge in [-0.05, 0) is 18.8 Å². The first-order valence-electron chi connectivity index (χ1n) is 3.75. The first-order valence-corrected chi connectivity index (χ1v) is 3.75. The molecule has 1 aliphatic carbocycles. The molecule has 0 atom stereocenters. The van der Waals surface area contributed by atoms with E-state index in [2.05, 4.69) is 4.84 Å². The molecule has 2 heteroatoms. The summed E-state index contributed by atoms with van der Waals surface area (Å²) >= 11 is 0. The monoisotopic (exact) mass is 129 g/mol. The predicted molar refractivity (Wildman–Crippen MR) is 36.7 cm³/mol. The zero-order valence-corrected chi connectivity index (χ0v) is 5.81. The van der Waals surface area contributed by atoms with Crippen LogP contribution in [0.25, 0.3) is 0 Å². The smallest absolute Gasteiger partial charge is 0.0707 e. The van der Waals surface area contributed by atoms with Gasteiger partial charge in [-0.2, -0.15) is 0 Å². The van der Waals surface area contributed by atoms with Gasteiger partial charge in [-0.3, -0.25) is 0 Å². The average molecular weight is 129 g/mol. The molecule has 9 heavy (non-hydrogen) atoms. The maximum atomic E-state index is 4.96. The molecule has 1 saturated carbocycles. The van der Waals surface area contributed by atoms with E-state index in [0.717, 1.165) is 12.5 Å². The van der Waals surface area contributed by atoms with Crippen molar-refractivity contribution in [2.75, 3.05) is 6.61 Å². The average Bonchev–Trinajstić information content (AvgIpc) is 1.91. The maximum absolute atomic E-state index is 4.96. The van der Waals surface area contributed by atoms with Gasteiger partial charge in [0, 0.05) is 0 Å². The third-order valence-electron chi connectivity index (χ3n) is 2.06. The van der Waals surface area contributed by atoms with E-state index in [9.17, 15) is 0 Å². The quantitative estimate of drug-likeness (QED) is 0.573. The summed E-state index contributed by atoms with van der Waals surface area (Å²) in [5, 5.41) is 0. The van der Waals surface area contributed by atoms with Gasteiger partial charge in [0.15, 0.2) is 0 Å². The van der Waals surface area contributed by atoms with E-state index >= 15 is 0 Å². The van der Waals surface area contributed by atoms with Crippen LogP contribution >= 0.6 is 0 Å². The van der Waals surface area contributed by atoms with E-state index in [1.54, 1.807) is 0 Å². The Hall–Kier alpha value is -0.0800. The van der Waals surface area contributed by atoms with Crippen LogP contribution in [0.15, 0.2) is 0 Å². The molecule has 0 bridgehead atoms. The molecule has 2 nitrogen and oxygen atoms in total. The number of hydrogen-bond donors (Lipinski definition) is 1. The zero-order chi connectivity index (χ0) is 6.53. The zero-order valence-electron chi connectivity index (χ0n) is 5.81. The summed E-state index contributed by atoms with van der Waals surface area (Å²) < 4.78 is 0. The normalized spacial score (nSPS) is 22.3. The van der Waals surface area contributed by atoms with Crippen molar-refractivity contribution in [3.8, 4) is 0 Å². The highest BCUT2D eigenvalue weighted by Crippen LogP contribution is 2.22. The summed E-state index contributed by atoms with van der Waals surface area (Å²) in [5.74, 6) is 5.71. The van der Waals surface area contributed by atoms with Crippen molar-refractivity contribution in [1.82, 2.24) is 0 Å². The summed E-state index contributed by atoms with van der Waals surface area (Å²) in [6.07, 6.45) is 6.78. The van der Waals surface area contributed by atoms with Gasteiger partial charge in [0.2, 0.25) is 0 Å². The van der Waals surface area contributed by atoms with E-state index in [-0.39, 0.29) is 0 Å². The Kier molecular flexibility index (Phi) is 3.01. The molecule has 54 valence electrons. The Bertz CT molecular complexity index is 66.6. The van der Waals surface area contributed by atoms with Gasteiger partial charge < -0.3 is 4.84 Å². The van der Waals surface area contributed by atoms with E-state index in [0.29, 0.717) is 0 Å². The number of rotatable bonds is 2. The second kappa shape index (κ2) is 3.85. The summed E-state index contributed by atoms with van der Waals surface area (Å²) in [6.45, 7) is 0.764. The van der Waals surface area contributed by atoms with E-state index in [4.69, 9.17) is 5.90 Å². The molecule has 0 aromatic rings. The van der Waals surface area contributed by atoms with Gasteiger partial charge in [0.1, 0.15) is 0 Å². The first-order chi connectivity index (χ1) is 4.43. The van der Waals surface area contributed by atoms with Crippen molar-refractivity contribution >= 4 is 0 Å². The molecule has 2 N–H and O–H groups in total. The lowest BCUT2D eigenvalue weighted by Crippen LogP contribution is -2.15. The van der Waals surface area contributed by atoms with Crippen LogP contribution in [-0.4, -0.2) is 6.61 Å². The van der Waals surface area contributed by atoms with Gasteiger partial charge in [0.05, 0.1) is 6.61 Å². The summed E-state index contributed by atoms with van der Waals surface area (Å²) in [4.78, 5) is 4.58. The Morgan fingerprint density at radius 3 is 2.44 bits per heavy atom. The van der Waals surface area contributed by atoms with Crippen LogP contribution in [0.1, 0.15) is 32.1 Å². The fourth-order valence-electron chi connectivity index (χ4n) is 1.49. The standard InChI is InChI=1S/C7H15NO/c8-9-6-7-4-2-1-3-5-7/h7H,1-6,8H2. The van der Waals surface area contributed by atoms with Crippen molar-refractivity contribution < 1.29 is 4.84 Å². The lowest BCUT2D eigenvalue weighted by molar-refractivity contribution is 0.0865. The molecule has 1 fully saturated rings. The van der Waals surface area contributed by atoms with Crippen LogP contribution in [0.2, 0.25) is 0 Å². The van der Waals surface area contributed by atoms with Crippen molar-refractivity contribution in [3.05, 3.63) is 0 Å².